The number of thioether (sulfide) groups is 1. The van der Waals surface area contributed by atoms with Crippen LogP contribution in [-0.2, 0) is 12.7 Å². The minimum absolute atomic E-state index is 0.122. The van der Waals surface area contributed by atoms with E-state index < -0.39 is 17.8 Å². The third kappa shape index (κ3) is 6.24. The smallest absolute Gasteiger partial charge is 0.394 e. The third-order valence-electron chi connectivity index (χ3n) is 6.47. The van der Waals surface area contributed by atoms with Crippen molar-refractivity contribution in [1.82, 2.24) is 15.3 Å². The summed E-state index contributed by atoms with van der Waals surface area (Å²) in [6.07, 6.45) is -2.09. The molecule has 2 N–H and O–H groups in total. The van der Waals surface area contributed by atoms with Crippen molar-refractivity contribution in [3.8, 4) is 0 Å². The summed E-state index contributed by atoms with van der Waals surface area (Å²) in [7, 11) is 0. The van der Waals surface area contributed by atoms with Gasteiger partial charge in [-0.25, -0.2) is 9.97 Å². The van der Waals surface area contributed by atoms with Gasteiger partial charge in [0.1, 0.15) is 0 Å². The van der Waals surface area contributed by atoms with Crippen molar-refractivity contribution < 1.29 is 23.1 Å². The van der Waals surface area contributed by atoms with Gasteiger partial charge < -0.3 is 15.3 Å². The number of aliphatic hydroxyl groups is 1. The van der Waals surface area contributed by atoms with Crippen molar-refractivity contribution in [2.24, 2.45) is 0 Å². The Morgan fingerprint density at radius 2 is 1.86 bits per heavy atom. The van der Waals surface area contributed by atoms with E-state index in [4.69, 9.17) is 0 Å². The Hall–Kier alpha value is -3.11. The first-order chi connectivity index (χ1) is 17.7. The van der Waals surface area contributed by atoms with Crippen LogP contribution in [0.15, 0.2) is 59.8 Å². The Balaban J connectivity index is 1.53. The number of anilines is 1. The molecule has 0 spiro atoms. The van der Waals surface area contributed by atoms with Crippen LogP contribution in [0.3, 0.4) is 0 Å². The van der Waals surface area contributed by atoms with Crippen LogP contribution < -0.4 is 10.2 Å². The Labute approximate surface area is 218 Å². The molecule has 0 saturated heterocycles. The molecule has 6 nitrogen and oxygen atoms in total. The van der Waals surface area contributed by atoms with E-state index in [1.807, 2.05) is 42.2 Å². The van der Waals surface area contributed by atoms with Gasteiger partial charge in [-0.2, -0.15) is 13.2 Å². The van der Waals surface area contributed by atoms with Crippen molar-refractivity contribution in [2.75, 3.05) is 23.8 Å². The van der Waals surface area contributed by atoms with Gasteiger partial charge in [0.05, 0.1) is 18.2 Å². The largest absolute Gasteiger partial charge is 0.419 e. The molecule has 2 heterocycles. The molecule has 196 valence electrons. The molecular formula is C27H29F3N4O2S. The number of carbonyl (C=O) groups is 1. The van der Waals surface area contributed by atoms with Crippen molar-refractivity contribution in [3.05, 3.63) is 82.7 Å². The van der Waals surface area contributed by atoms with Crippen LogP contribution >= 0.6 is 11.8 Å². The highest BCUT2D eigenvalue weighted by atomic mass is 32.2. The van der Waals surface area contributed by atoms with E-state index in [-0.39, 0.29) is 24.4 Å². The minimum Gasteiger partial charge on any atom is -0.394 e. The monoisotopic (exact) mass is 530 g/mol. The minimum atomic E-state index is -4.50. The van der Waals surface area contributed by atoms with Crippen LogP contribution in [0.1, 0.15) is 64.8 Å². The highest BCUT2D eigenvalue weighted by Crippen LogP contribution is 2.34. The number of fused-ring (bicyclic) bond motifs is 1. The van der Waals surface area contributed by atoms with E-state index in [2.05, 4.69) is 22.2 Å². The fourth-order valence-electron chi connectivity index (χ4n) is 4.49. The van der Waals surface area contributed by atoms with Gasteiger partial charge in [0.2, 0.25) is 5.95 Å². The zero-order chi connectivity index (χ0) is 26.6. The van der Waals surface area contributed by atoms with Crippen molar-refractivity contribution in [2.45, 2.75) is 49.8 Å². The molecule has 1 amide bonds. The van der Waals surface area contributed by atoms with Gasteiger partial charge in [-0.15, -0.1) is 11.8 Å². The van der Waals surface area contributed by atoms with E-state index in [1.165, 1.54) is 0 Å². The van der Waals surface area contributed by atoms with Crippen LogP contribution in [0.25, 0.3) is 0 Å². The summed E-state index contributed by atoms with van der Waals surface area (Å²) in [5.74, 6) is 0.984. The highest BCUT2D eigenvalue weighted by molar-refractivity contribution is 7.99. The number of hydrogen-bond donors (Lipinski definition) is 2. The number of nitrogens with one attached hydrogen (secondary N) is 1. The van der Waals surface area contributed by atoms with Crippen molar-refractivity contribution in [1.29, 1.82) is 0 Å². The van der Waals surface area contributed by atoms with Gasteiger partial charge in [0.15, 0.2) is 0 Å². The number of nitrogens with zero attached hydrogens (tertiary/aromatic N) is 3. The van der Waals surface area contributed by atoms with E-state index >= 15 is 0 Å². The molecule has 0 radical (unpaired) electrons. The highest BCUT2D eigenvalue weighted by Gasteiger charge is 2.32. The van der Waals surface area contributed by atoms with E-state index in [1.54, 1.807) is 23.9 Å². The molecule has 2 atom stereocenters. The SMILES string of the molecule is CCSc1ccc([C@H](CO)NC(=O)c2ccc3c(c2)CN(c2ncc(C(F)(F)F)cn2)C[C@@H]3CC)cc1. The van der Waals surface area contributed by atoms with E-state index in [0.717, 1.165) is 46.2 Å². The molecule has 3 aromatic rings. The number of aliphatic hydroxyl groups excluding tert-OH is 1. The Morgan fingerprint density at radius 1 is 1.16 bits per heavy atom. The van der Waals surface area contributed by atoms with Gasteiger partial charge in [-0.05, 0) is 53.1 Å². The Morgan fingerprint density at radius 3 is 2.46 bits per heavy atom. The molecule has 0 saturated carbocycles. The molecule has 0 bridgehead atoms. The van der Waals surface area contributed by atoms with Gasteiger partial charge in [0.25, 0.3) is 5.91 Å². The van der Waals surface area contributed by atoms with Crippen LogP contribution in [0.2, 0.25) is 0 Å². The van der Waals surface area contributed by atoms with Gasteiger partial charge >= 0.3 is 6.18 Å². The quantitative estimate of drug-likeness (QED) is 0.370. The summed E-state index contributed by atoms with van der Waals surface area (Å²) in [6, 6.07) is 12.7. The normalized spacial score (nSPS) is 16.3. The van der Waals surface area contributed by atoms with Crippen molar-refractivity contribution >= 4 is 23.6 Å². The Bertz CT molecular complexity index is 1220. The third-order valence-corrected chi connectivity index (χ3v) is 7.36. The molecule has 1 aromatic heterocycles. The lowest BCUT2D eigenvalue weighted by molar-refractivity contribution is -0.138. The van der Waals surface area contributed by atoms with E-state index in [9.17, 15) is 23.1 Å². The van der Waals surface area contributed by atoms with Crippen LogP contribution in [0, 0.1) is 0 Å². The summed E-state index contributed by atoms with van der Waals surface area (Å²) in [5, 5.41) is 12.8. The molecule has 10 heteroatoms. The number of alkyl halides is 3. The standard InChI is InChI=1S/C27H29F3N4O2S/c1-3-17-14-34(26-31-12-21(13-32-26)27(28,29)30)15-20-11-19(7-10-23(17)20)25(36)33-24(16-35)18-5-8-22(9-6-18)37-4-2/h5-13,17,24,35H,3-4,14-16H2,1-2H3,(H,33,36)/t17-,24-/m0/s1. The lowest BCUT2D eigenvalue weighted by atomic mass is 9.87. The summed E-state index contributed by atoms with van der Waals surface area (Å²) < 4.78 is 38.8. The molecule has 0 unspecified atom stereocenters. The molecule has 0 fully saturated rings. The maximum absolute atomic E-state index is 13.1. The Kier molecular flexibility index (Phi) is 8.39. The average molecular weight is 531 g/mol. The predicted molar refractivity (Wildman–Crippen MR) is 138 cm³/mol. The fraction of sp³-hybridized carbons (Fsp3) is 0.370. The topological polar surface area (TPSA) is 78.4 Å². The first-order valence-corrected chi connectivity index (χ1v) is 13.1. The molecule has 2 aromatic carbocycles. The summed E-state index contributed by atoms with van der Waals surface area (Å²) in [6.45, 7) is 4.82. The predicted octanol–water partition coefficient (Wildman–Crippen LogP) is 5.58. The van der Waals surface area contributed by atoms with Crippen LogP contribution in [0.5, 0.6) is 0 Å². The van der Waals surface area contributed by atoms with Gasteiger partial charge in [-0.3, -0.25) is 4.79 Å². The zero-order valence-electron chi connectivity index (χ0n) is 20.6. The average Bonchev–Trinajstić information content (AvgIpc) is 2.91. The second-order valence-corrected chi connectivity index (χ2v) is 10.2. The maximum Gasteiger partial charge on any atom is 0.419 e. The van der Waals surface area contributed by atoms with Gasteiger partial charge in [0, 0.05) is 41.9 Å². The number of benzene rings is 2. The zero-order valence-corrected chi connectivity index (χ0v) is 21.4. The number of hydrogen-bond acceptors (Lipinski definition) is 6. The first kappa shape index (κ1) is 26.9. The first-order valence-electron chi connectivity index (χ1n) is 12.1. The number of halogens is 3. The fourth-order valence-corrected chi connectivity index (χ4v) is 5.15. The molecule has 37 heavy (non-hydrogen) atoms. The lowest BCUT2D eigenvalue weighted by Gasteiger charge is -2.34. The second-order valence-electron chi connectivity index (χ2n) is 8.88. The molecule has 1 aliphatic heterocycles. The van der Waals surface area contributed by atoms with Crippen LogP contribution in [0.4, 0.5) is 19.1 Å². The number of carbonyl (C=O) groups excluding carboxylic acids is 1. The van der Waals surface area contributed by atoms with Crippen molar-refractivity contribution in [3.63, 3.8) is 0 Å². The molecule has 1 aliphatic rings. The molecular weight excluding hydrogens is 501 g/mol. The molecule has 4 rings (SSSR count). The number of rotatable bonds is 8. The van der Waals surface area contributed by atoms with Gasteiger partial charge in [-0.1, -0.05) is 32.0 Å². The van der Waals surface area contributed by atoms with E-state index in [0.29, 0.717) is 18.7 Å². The maximum atomic E-state index is 13.1. The summed E-state index contributed by atoms with van der Waals surface area (Å²) in [5.41, 5.74) is 2.36. The lowest BCUT2D eigenvalue weighted by Crippen LogP contribution is -2.35. The second kappa shape index (κ2) is 11.5. The molecule has 0 aliphatic carbocycles. The summed E-state index contributed by atoms with van der Waals surface area (Å²) in [4.78, 5) is 24.0. The number of amides is 1. The number of aromatic nitrogens is 2. The van der Waals surface area contributed by atoms with Crippen LogP contribution in [-0.4, -0.2) is 39.9 Å². The summed E-state index contributed by atoms with van der Waals surface area (Å²) >= 11 is 1.72.